The SMILES string of the molecule is C[C@H](CO)N1C(=O)[C@@H]2[C@H]3C(=O)N(Cc4ccccc4)CC=C[C@H]3O[C@@]23C=CCN(C(C)(C)C)C(=O)C13. The van der Waals surface area contributed by atoms with Gasteiger partial charge in [0, 0.05) is 25.2 Å². The first-order valence-corrected chi connectivity index (χ1v) is 12.7. The van der Waals surface area contributed by atoms with Crippen LogP contribution in [0.3, 0.4) is 0 Å². The number of carbonyl (C=O) groups is 3. The highest BCUT2D eigenvalue weighted by molar-refractivity contribution is 6.00. The summed E-state index contributed by atoms with van der Waals surface area (Å²) < 4.78 is 6.62. The van der Waals surface area contributed by atoms with Gasteiger partial charge in [-0.2, -0.15) is 0 Å². The van der Waals surface area contributed by atoms with E-state index in [1.54, 1.807) is 16.7 Å². The van der Waals surface area contributed by atoms with Crippen molar-refractivity contribution in [3.05, 3.63) is 60.2 Å². The predicted molar refractivity (Wildman–Crippen MR) is 133 cm³/mol. The zero-order chi connectivity index (χ0) is 25.8. The first-order valence-electron chi connectivity index (χ1n) is 12.7. The number of amides is 3. The van der Waals surface area contributed by atoms with Crippen LogP contribution in [0.1, 0.15) is 33.3 Å². The molecule has 1 aromatic carbocycles. The Morgan fingerprint density at radius 2 is 1.78 bits per heavy atom. The van der Waals surface area contributed by atoms with Gasteiger partial charge in [-0.1, -0.05) is 54.6 Å². The third-order valence-electron chi connectivity index (χ3n) is 7.95. The minimum absolute atomic E-state index is 0.154. The molecule has 8 heteroatoms. The van der Waals surface area contributed by atoms with Crippen molar-refractivity contribution in [3.63, 3.8) is 0 Å². The topological polar surface area (TPSA) is 90.4 Å². The maximum Gasteiger partial charge on any atom is 0.249 e. The van der Waals surface area contributed by atoms with Crippen LogP contribution in [0.25, 0.3) is 0 Å². The zero-order valence-electron chi connectivity index (χ0n) is 21.3. The van der Waals surface area contributed by atoms with Crippen molar-refractivity contribution in [1.29, 1.82) is 0 Å². The average Bonchev–Trinajstić information content (AvgIpc) is 3.16. The van der Waals surface area contributed by atoms with Gasteiger partial charge in [-0.3, -0.25) is 14.4 Å². The largest absolute Gasteiger partial charge is 0.394 e. The van der Waals surface area contributed by atoms with Crippen LogP contribution in [-0.4, -0.2) is 86.6 Å². The van der Waals surface area contributed by atoms with Gasteiger partial charge in [0.05, 0.1) is 30.6 Å². The molecule has 3 amide bonds. The molecule has 0 radical (unpaired) electrons. The monoisotopic (exact) mass is 493 g/mol. The number of hydrogen-bond acceptors (Lipinski definition) is 5. The van der Waals surface area contributed by atoms with E-state index in [-0.39, 0.29) is 24.3 Å². The first kappa shape index (κ1) is 24.7. The number of carbonyl (C=O) groups excluding carboxylic acids is 3. The van der Waals surface area contributed by atoms with Crippen LogP contribution >= 0.6 is 0 Å². The smallest absolute Gasteiger partial charge is 0.249 e. The number of fused-ring (bicyclic) bond motifs is 2. The summed E-state index contributed by atoms with van der Waals surface area (Å²) in [5, 5.41) is 10.0. The summed E-state index contributed by atoms with van der Waals surface area (Å²) >= 11 is 0. The number of benzene rings is 1. The Bertz CT molecular complexity index is 1110. The van der Waals surface area contributed by atoms with E-state index in [4.69, 9.17) is 4.74 Å². The van der Waals surface area contributed by atoms with Crippen LogP contribution in [-0.2, 0) is 25.7 Å². The molecular weight excluding hydrogens is 458 g/mol. The third kappa shape index (κ3) is 3.69. The molecular formula is C28H35N3O5. The second-order valence-electron chi connectivity index (χ2n) is 11.3. The van der Waals surface area contributed by atoms with Crippen LogP contribution in [0.4, 0.5) is 0 Å². The summed E-state index contributed by atoms with van der Waals surface area (Å²) in [5.41, 5.74) is -0.751. The quantitative estimate of drug-likeness (QED) is 0.646. The Labute approximate surface area is 212 Å². The molecule has 0 aliphatic carbocycles. The molecule has 4 aliphatic heterocycles. The summed E-state index contributed by atoms with van der Waals surface area (Å²) in [6, 6.07) is 8.20. The standard InChI is InChI=1S/C28H35N3O5/c1-18(17-32)31-23-26(35)30(27(2,3)4)15-9-13-28(23)22(25(31)34)21-20(36-28)12-8-14-29(24(21)33)16-19-10-6-5-7-11-19/h5-13,18,20-23,32H,14-17H2,1-4H3/t18-,20-,21+,22+,23?,28+/m1/s1. The lowest BCUT2D eigenvalue weighted by Crippen LogP contribution is -2.60. The lowest BCUT2D eigenvalue weighted by molar-refractivity contribution is -0.153. The van der Waals surface area contributed by atoms with E-state index in [0.29, 0.717) is 19.6 Å². The third-order valence-corrected chi connectivity index (χ3v) is 7.95. The van der Waals surface area contributed by atoms with E-state index in [1.807, 2.05) is 75.4 Å². The van der Waals surface area contributed by atoms with Crippen molar-refractivity contribution in [3.8, 4) is 0 Å². The Hall–Kier alpha value is -2.97. The molecule has 1 N–H and O–H groups in total. The molecule has 1 unspecified atom stereocenters. The molecule has 5 rings (SSSR count). The summed E-state index contributed by atoms with van der Waals surface area (Å²) in [5.74, 6) is -2.30. The van der Waals surface area contributed by atoms with Crippen molar-refractivity contribution < 1.29 is 24.2 Å². The molecule has 4 aliphatic rings. The number of hydrogen-bond donors (Lipinski definition) is 1. The van der Waals surface area contributed by atoms with Crippen LogP contribution in [0.2, 0.25) is 0 Å². The van der Waals surface area contributed by atoms with E-state index in [0.717, 1.165) is 5.56 Å². The highest BCUT2D eigenvalue weighted by Crippen LogP contribution is 2.54. The average molecular weight is 494 g/mol. The number of nitrogens with zero attached hydrogens (tertiary/aromatic N) is 3. The Balaban J connectivity index is 1.58. The molecule has 4 heterocycles. The summed E-state index contributed by atoms with van der Waals surface area (Å²) in [6.45, 7) is 8.53. The molecule has 6 atom stereocenters. The van der Waals surface area contributed by atoms with Gasteiger partial charge in [0.25, 0.3) is 0 Å². The molecule has 0 bridgehead atoms. The van der Waals surface area contributed by atoms with Crippen molar-refractivity contribution in [2.45, 2.75) is 63.6 Å². The fourth-order valence-corrected chi connectivity index (χ4v) is 6.24. The molecule has 1 aromatic rings. The van der Waals surface area contributed by atoms with Gasteiger partial charge in [0.15, 0.2) is 0 Å². The van der Waals surface area contributed by atoms with E-state index >= 15 is 0 Å². The van der Waals surface area contributed by atoms with Gasteiger partial charge in [0.1, 0.15) is 11.6 Å². The van der Waals surface area contributed by atoms with E-state index in [9.17, 15) is 19.5 Å². The van der Waals surface area contributed by atoms with Crippen molar-refractivity contribution in [1.82, 2.24) is 14.7 Å². The maximum atomic E-state index is 14.1. The van der Waals surface area contributed by atoms with E-state index < -0.39 is 41.2 Å². The Morgan fingerprint density at radius 1 is 1.06 bits per heavy atom. The summed E-state index contributed by atoms with van der Waals surface area (Å²) in [7, 11) is 0. The molecule has 2 fully saturated rings. The number of aliphatic hydroxyl groups is 1. The van der Waals surface area contributed by atoms with Crippen molar-refractivity contribution >= 4 is 17.7 Å². The fourth-order valence-electron chi connectivity index (χ4n) is 6.24. The van der Waals surface area contributed by atoms with Gasteiger partial charge in [-0.25, -0.2) is 0 Å². The van der Waals surface area contributed by atoms with E-state index in [1.165, 1.54) is 4.90 Å². The lowest BCUT2D eigenvalue weighted by Gasteiger charge is -2.41. The molecule has 1 spiro atoms. The minimum Gasteiger partial charge on any atom is -0.394 e. The van der Waals surface area contributed by atoms with Crippen molar-refractivity contribution in [2.75, 3.05) is 19.7 Å². The number of rotatable bonds is 4. The number of ether oxygens (including phenoxy) is 1. The van der Waals surface area contributed by atoms with Gasteiger partial charge in [-0.15, -0.1) is 0 Å². The Morgan fingerprint density at radius 3 is 2.44 bits per heavy atom. The number of likely N-dealkylation sites (tertiary alicyclic amines) is 1. The highest BCUT2D eigenvalue weighted by Gasteiger charge is 2.72. The van der Waals surface area contributed by atoms with Gasteiger partial charge >= 0.3 is 0 Å². The van der Waals surface area contributed by atoms with Crippen LogP contribution < -0.4 is 0 Å². The minimum atomic E-state index is -1.28. The fraction of sp³-hybridized carbons (Fsp3) is 0.536. The van der Waals surface area contributed by atoms with Gasteiger partial charge < -0.3 is 24.5 Å². The van der Waals surface area contributed by atoms with E-state index in [2.05, 4.69) is 0 Å². The Kier molecular flexibility index (Phi) is 6.08. The van der Waals surface area contributed by atoms with Gasteiger partial charge in [0.2, 0.25) is 17.7 Å². The van der Waals surface area contributed by atoms with Gasteiger partial charge in [-0.05, 0) is 33.3 Å². The zero-order valence-corrected chi connectivity index (χ0v) is 21.3. The normalized spacial score (nSPS) is 32.8. The first-order chi connectivity index (χ1) is 17.1. The maximum absolute atomic E-state index is 14.1. The molecule has 36 heavy (non-hydrogen) atoms. The second kappa shape index (κ2) is 8.85. The second-order valence-corrected chi connectivity index (χ2v) is 11.3. The van der Waals surface area contributed by atoms with Crippen molar-refractivity contribution in [2.24, 2.45) is 11.8 Å². The molecule has 0 saturated carbocycles. The lowest BCUT2D eigenvalue weighted by atomic mass is 9.77. The molecule has 192 valence electrons. The molecule has 0 aromatic heterocycles. The predicted octanol–water partition coefficient (Wildman–Crippen LogP) is 1.74. The van der Waals surface area contributed by atoms with Crippen LogP contribution in [0.15, 0.2) is 54.6 Å². The summed E-state index contributed by atoms with van der Waals surface area (Å²) in [6.07, 6.45) is 6.90. The van der Waals surface area contributed by atoms with Crippen LogP contribution in [0, 0.1) is 11.8 Å². The molecule has 2 saturated heterocycles. The highest BCUT2D eigenvalue weighted by atomic mass is 16.5. The number of aliphatic hydroxyl groups excluding tert-OH is 1. The van der Waals surface area contributed by atoms with Crippen LogP contribution in [0.5, 0.6) is 0 Å². The molecule has 8 nitrogen and oxygen atoms in total. The summed E-state index contributed by atoms with van der Waals surface area (Å²) in [4.78, 5) is 47.1.